The van der Waals surface area contributed by atoms with Gasteiger partial charge in [-0.25, -0.2) is 13.8 Å². The molecule has 4 aromatic rings. The monoisotopic (exact) mass is 587 g/mol. The second-order valence-electron chi connectivity index (χ2n) is 7.99. The van der Waals surface area contributed by atoms with E-state index < -0.39 is 35.3 Å². The summed E-state index contributed by atoms with van der Waals surface area (Å²) in [6.07, 6.45) is 0. The number of methoxy groups -OCH3 is 1. The number of aromatic nitrogens is 2. The number of nitrogens with zero attached hydrogens (tertiary/aromatic N) is 1. The maximum Gasteiger partial charge on any atom is 0.329 e. The Hall–Kier alpha value is -3.60. The topological polar surface area (TPSA) is 96.4 Å². The fourth-order valence-corrected chi connectivity index (χ4v) is 4.34. The average molecular weight is 587 g/mol. The number of rotatable bonds is 7. The predicted molar refractivity (Wildman–Crippen MR) is 140 cm³/mol. The van der Waals surface area contributed by atoms with Gasteiger partial charge >= 0.3 is 5.69 Å². The first-order valence-electron chi connectivity index (χ1n) is 10.8. The number of halogens is 2. The van der Waals surface area contributed by atoms with E-state index in [0.29, 0.717) is 5.69 Å². The second-order valence-corrected chi connectivity index (χ2v) is 9.23. The highest BCUT2D eigenvalue weighted by atomic mass is 127. The number of ether oxygens (including phenoxy) is 1. The molecule has 0 unspecified atom stereocenters. The second kappa shape index (κ2) is 10.3. The molecule has 0 saturated carbocycles. The minimum atomic E-state index is -1.10. The van der Waals surface area contributed by atoms with Crippen LogP contribution in [-0.2, 0) is 4.79 Å². The van der Waals surface area contributed by atoms with Gasteiger partial charge < -0.3 is 20.1 Å². The van der Waals surface area contributed by atoms with Crippen LogP contribution in [-0.4, -0.2) is 27.7 Å². The van der Waals surface area contributed by atoms with Gasteiger partial charge in [0.05, 0.1) is 7.11 Å². The summed E-state index contributed by atoms with van der Waals surface area (Å²) in [7, 11) is 1.34. The summed E-state index contributed by atoms with van der Waals surface area (Å²) >= 11 is 2.16. The van der Waals surface area contributed by atoms with Gasteiger partial charge in [0.25, 0.3) is 0 Å². The summed E-state index contributed by atoms with van der Waals surface area (Å²) in [6, 6.07) is 19.4. The average Bonchev–Trinajstić information content (AvgIpc) is 3.15. The zero-order valence-electron chi connectivity index (χ0n) is 19.0. The first-order chi connectivity index (χ1) is 16.8. The Kier molecular flexibility index (Phi) is 7.25. The molecular formula is C26H23FIN3O4. The maximum absolute atomic E-state index is 14.3. The Bertz CT molecular complexity index is 1400. The Balaban J connectivity index is 1.80. The number of amides is 1. The highest BCUT2D eigenvalue weighted by Crippen LogP contribution is 2.36. The lowest BCUT2D eigenvalue weighted by atomic mass is 9.92. The first kappa shape index (κ1) is 24.5. The van der Waals surface area contributed by atoms with E-state index in [0.717, 1.165) is 19.8 Å². The number of hydrogen-bond donors (Lipinski definition) is 3. The van der Waals surface area contributed by atoms with E-state index in [9.17, 15) is 19.1 Å². The number of aromatic hydroxyl groups is 1. The summed E-state index contributed by atoms with van der Waals surface area (Å²) < 4.78 is 21.3. The van der Waals surface area contributed by atoms with E-state index in [4.69, 9.17) is 4.74 Å². The van der Waals surface area contributed by atoms with E-state index in [1.54, 1.807) is 19.1 Å². The Morgan fingerprint density at radius 2 is 1.80 bits per heavy atom. The van der Waals surface area contributed by atoms with Crippen molar-refractivity contribution in [3.05, 3.63) is 98.2 Å². The molecule has 1 aromatic heterocycles. The van der Waals surface area contributed by atoms with Crippen LogP contribution in [0.4, 0.5) is 10.1 Å². The van der Waals surface area contributed by atoms with Crippen molar-refractivity contribution >= 4 is 34.2 Å². The van der Waals surface area contributed by atoms with Gasteiger partial charge in [-0.3, -0.25) is 4.79 Å². The molecular weight excluding hydrogens is 564 g/mol. The molecule has 35 heavy (non-hydrogen) atoms. The largest absolute Gasteiger partial charge is 0.494 e. The van der Waals surface area contributed by atoms with Crippen LogP contribution in [0.2, 0.25) is 0 Å². The third kappa shape index (κ3) is 5.09. The van der Waals surface area contributed by atoms with Crippen molar-refractivity contribution in [1.82, 2.24) is 9.55 Å². The maximum atomic E-state index is 14.3. The Morgan fingerprint density at radius 3 is 2.43 bits per heavy atom. The third-order valence-electron chi connectivity index (χ3n) is 5.80. The fraction of sp³-hybridized carbons (Fsp3) is 0.154. The van der Waals surface area contributed by atoms with Crippen LogP contribution in [0, 0.1) is 9.39 Å². The van der Waals surface area contributed by atoms with Crippen LogP contribution in [0.25, 0.3) is 11.3 Å². The van der Waals surface area contributed by atoms with Gasteiger partial charge in [0.2, 0.25) is 11.8 Å². The van der Waals surface area contributed by atoms with Crippen molar-refractivity contribution in [1.29, 1.82) is 0 Å². The van der Waals surface area contributed by atoms with Crippen molar-refractivity contribution in [2.75, 3.05) is 12.4 Å². The van der Waals surface area contributed by atoms with Gasteiger partial charge in [-0.05, 0) is 70.6 Å². The predicted octanol–water partition coefficient (Wildman–Crippen LogP) is 5.28. The van der Waals surface area contributed by atoms with Crippen LogP contribution in [0.15, 0.2) is 77.6 Å². The highest BCUT2D eigenvalue weighted by Gasteiger charge is 2.33. The lowest BCUT2D eigenvalue weighted by Gasteiger charge is -2.25. The van der Waals surface area contributed by atoms with Crippen molar-refractivity contribution in [3.8, 4) is 22.9 Å². The van der Waals surface area contributed by atoms with Crippen molar-refractivity contribution in [3.63, 3.8) is 0 Å². The normalized spacial score (nSPS) is 12.7. The molecule has 9 heteroatoms. The Morgan fingerprint density at radius 1 is 1.11 bits per heavy atom. The van der Waals surface area contributed by atoms with E-state index >= 15 is 0 Å². The quantitative estimate of drug-likeness (QED) is 0.257. The van der Waals surface area contributed by atoms with Gasteiger partial charge in [0.15, 0.2) is 11.6 Å². The lowest BCUT2D eigenvalue weighted by Crippen LogP contribution is -2.35. The summed E-state index contributed by atoms with van der Waals surface area (Å²) in [5.41, 5.74) is 0.907. The smallest absolute Gasteiger partial charge is 0.329 e. The van der Waals surface area contributed by atoms with Crippen LogP contribution in [0.1, 0.15) is 24.4 Å². The number of hydrogen-bond acceptors (Lipinski definition) is 4. The SMILES string of the molecule is COc1ccc(-c2[nH]c(=O)n([C@H](C(=O)Nc3ccc(I)cc3)[C@@H](C)c3ccccc3)c2O)cc1F. The standard InChI is InChI=1S/C26H23FIN3O4/c1-15(16-6-4-3-5-7-16)23(24(32)29-19-11-9-18(28)10-12-19)31-25(33)22(30-26(31)34)17-8-13-21(35-2)20(27)14-17/h3-15,23,33H,1-2H3,(H,29,32)(H,30,34)/t15-,23-/m0/s1. The minimum absolute atomic E-state index is 0.00359. The zero-order chi connectivity index (χ0) is 25.1. The number of carbonyl (C=O) groups is 1. The zero-order valence-corrected chi connectivity index (χ0v) is 21.1. The summed E-state index contributed by atoms with van der Waals surface area (Å²) in [6.45, 7) is 1.80. The molecule has 1 amide bonds. The summed E-state index contributed by atoms with van der Waals surface area (Å²) in [5, 5.41) is 13.9. The molecule has 3 N–H and O–H groups in total. The number of H-pyrrole nitrogens is 1. The molecule has 0 aliphatic heterocycles. The van der Waals surface area contributed by atoms with Crippen molar-refractivity contribution in [2.45, 2.75) is 18.9 Å². The van der Waals surface area contributed by atoms with E-state index in [1.807, 2.05) is 42.5 Å². The molecule has 3 aromatic carbocycles. The molecule has 180 valence electrons. The number of carbonyl (C=O) groups excluding carboxylic acids is 1. The van der Waals surface area contributed by atoms with Gasteiger partial charge in [-0.2, -0.15) is 0 Å². The molecule has 0 spiro atoms. The molecule has 0 radical (unpaired) electrons. The van der Waals surface area contributed by atoms with Crippen LogP contribution in [0.3, 0.4) is 0 Å². The molecule has 0 saturated heterocycles. The summed E-state index contributed by atoms with van der Waals surface area (Å²) in [4.78, 5) is 29.2. The number of anilines is 1. The van der Waals surface area contributed by atoms with Crippen LogP contribution >= 0.6 is 22.6 Å². The van der Waals surface area contributed by atoms with Crippen molar-refractivity contribution < 1.29 is 19.0 Å². The molecule has 2 atom stereocenters. The highest BCUT2D eigenvalue weighted by molar-refractivity contribution is 14.1. The van der Waals surface area contributed by atoms with Gasteiger partial charge in [0.1, 0.15) is 11.7 Å². The van der Waals surface area contributed by atoms with E-state index in [2.05, 4.69) is 32.9 Å². The van der Waals surface area contributed by atoms with Gasteiger partial charge in [-0.15, -0.1) is 0 Å². The molecule has 0 bridgehead atoms. The summed E-state index contributed by atoms with van der Waals surface area (Å²) in [5.74, 6) is -2.05. The van der Waals surface area contributed by atoms with Crippen LogP contribution < -0.4 is 15.7 Å². The fourth-order valence-electron chi connectivity index (χ4n) is 3.98. The Labute approximate surface area is 214 Å². The third-order valence-corrected chi connectivity index (χ3v) is 6.52. The van der Waals surface area contributed by atoms with Gasteiger partial charge in [0, 0.05) is 20.7 Å². The number of aromatic amines is 1. The number of nitrogens with one attached hydrogen (secondary N) is 2. The number of benzene rings is 3. The van der Waals surface area contributed by atoms with Gasteiger partial charge in [-0.1, -0.05) is 37.3 Å². The van der Waals surface area contributed by atoms with Crippen molar-refractivity contribution in [2.24, 2.45) is 0 Å². The molecule has 0 aliphatic carbocycles. The first-order valence-corrected chi connectivity index (χ1v) is 11.9. The molecule has 4 rings (SSSR count). The molecule has 1 heterocycles. The minimum Gasteiger partial charge on any atom is -0.494 e. The van der Waals surface area contributed by atoms with E-state index in [1.165, 1.54) is 19.2 Å². The lowest BCUT2D eigenvalue weighted by molar-refractivity contribution is -0.120. The molecule has 0 aliphatic rings. The molecule has 7 nitrogen and oxygen atoms in total. The van der Waals surface area contributed by atoms with Crippen LogP contribution in [0.5, 0.6) is 11.6 Å². The number of imidazole rings is 1. The molecule has 0 fully saturated rings. The van der Waals surface area contributed by atoms with E-state index in [-0.39, 0.29) is 17.0 Å².